The third kappa shape index (κ3) is 3.99. The molecule has 1 unspecified atom stereocenters. The Morgan fingerprint density at radius 3 is 2.72 bits per heavy atom. The Bertz CT molecular complexity index is 953. The molecule has 1 aromatic heterocycles. The summed E-state index contributed by atoms with van der Waals surface area (Å²) in [6.45, 7) is 4.87. The lowest BCUT2D eigenvalue weighted by Crippen LogP contribution is -2.49. The molecule has 8 heteroatoms. The van der Waals surface area contributed by atoms with Crippen molar-refractivity contribution in [2.24, 2.45) is 0 Å². The van der Waals surface area contributed by atoms with E-state index < -0.39 is 0 Å². The quantitative estimate of drug-likeness (QED) is 0.699. The smallest absolute Gasteiger partial charge is 0.254 e. The first-order valence-electron chi connectivity index (χ1n) is 10.0. The van der Waals surface area contributed by atoms with Crippen LogP contribution in [0.25, 0.3) is 0 Å². The maximum atomic E-state index is 12.9. The zero-order valence-corrected chi connectivity index (χ0v) is 17.7. The van der Waals surface area contributed by atoms with Crippen molar-refractivity contribution in [3.8, 4) is 5.75 Å². The minimum atomic E-state index is -0.111. The number of carbonyl (C=O) groups excluding carboxylic acids is 1. The highest BCUT2D eigenvalue weighted by Crippen LogP contribution is 2.33. The molecule has 1 atom stereocenters. The summed E-state index contributed by atoms with van der Waals surface area (Å²) in [5, 5.41) is 0.744. The number of amides is 1. The van der Waals surface area contributed by atoms with Crippen LogP contribution in [0.1, 0.15) is 25.1 Å². The van der Waals surface area contributed by atoms with Crippen LogP contribution in [-0.4, -0.2) is 59.4 Å². The second-order valence-corrected chi connectivity index (χ2v) is 8.29. The van der Waals surface area contributed by atoms with Gasteiger partial charge in [-0.1, -0.05) is 30.8 Å². The Balaban J connectivity index is 1.39. The molecule has 2 aliphatic rings. The number of fused-ring (bicyclic) bond motifs is 1. The largest absolute Gasteiger partial charge is 0.495 e. The first-order chi connectivity index (χ1) is 14.1. The van der Waals surface area contributed by atoms with E-state index in [4.69, 9.17) is 4.74 Å². The van der Waals surface area contributed by atoms with E-state index in [1.807, 2.05) is 36.1 Å². The monoisotopic (exact) mass is 414 g/mol. The predicted octanol–water partition coefficient (Wildman–Crippen LogP) is 2.20. The van der Waals surface area contributed by atoms with Crippen LogP contribution in [-0.2, 0) is 11.2 Å². The molecule has 0 radical (unpaired) electrons. The van der Waals surface area contributed by atoms with Crippen LogP contribution in [0.2, 0.25) is 0 Å². The number of hydrogen-bond donors (Lipinski definition) is 0. The summed E-state index contributed by atoms with van der Waals surface area (Å²) >= 11 is 1.57. The molecule has 154 valence electrons. The van der Waals surface area contributed by atoms with Crippen molar-refractivity contribution in [3.05, 3.63) is 46.4 Å². The number of benzene rings is 1. The first-order valence-corrected chi connectivity index (χ1v) is 11.0. The molecule has 0 N–H and O–H groups in total. The van der Waals surface area contributed by atoms with Crippen molar-refractivity contribution < 1.29 is 9.53 Å². The second-order valence-electron chi connectivity index (χ2n) is 7.30. The molecule has 2 aromatic rings. The topological polar surface area (TPSA) is 67.7 Å². The van der Waals surface area contributed by atoms with Crippen LogP contribution in [0.4, 0.5) is 5.69 Å². The summed E-state index contributed by atoms with van der Waals surface area (Å²) in [4.78, 5) is 34.1. The number of anilines is 1. The average Bonchev–Trinajstić information content (AvgIpc) is 3.16. The van der Waals surface area contributed by atoms with Crippen LogP contribution in [0.15, 0.2) is 40.3 Å². The molecule has 29 heavy (non-hydrogen) atoms. The fraction of sp³-hybridized carbons (Fsp3) is 0.476. The first kappa shape index (κ1) is 19.8. The number of aryl methyl sites for hydroxylation is 1. The van der Waals surface area contributed by atoms with Gasteiger partial charge in [-0.15, -0.1) is 0 Å². The Labute approximate surface area is 174 Å². The van der Waals surface area contributed by atoms with E-state index in [0.717, 1.165) is 47.6 Å². The van der Waals surface area contributed by atoms with Gasteiger partial charge < -0.3 is 14.5 Å². The van der Waals surface area contributed by atoms with Gasteiger partial charge in [-0.2, -0.15) is 0 Å². The number of carbonyl (C=O) groups is 1. The number of para-hydroxylation sites is 2. The molecule has 2 aliphatic heterocycles. The molecule has 1 amide bonds. The van der Waals surface area contributed by atoms with Gasteiger partial charge in [0.25, 0.3) is 5.56 Å². The van der Waals surface area contributed by atoms with Gasteiger partial charge in [0.1, 0.15) is 5.75 Å². The summed E-state index contributed by atoms with van der Waals surface area (Å²) in [6.07, 6.45) is 1.09. The van der Waals surface area contributed by atoms with Gasteiger partial charge in [-0.3, -0.25) is 14.2 Å². The molecule has 1 fully saturated rings. The van der Waals surface area contributed by atoms with Crippen LogP contribution in [0, 0.1) is 0 Å². The number of piperazine rings is 1. The Morgan fingerprint density at radius 1 is 1.24 bits per heavy atom. The number of hydrogen-bond acceptors (Lipinski definition) is 6. The van der Waals surface area contributed by atoms with Gasteiger partial charge in [0.05, 0.1) is 18.8 Å². The lowest BCUT2D eigenvalue weighted by atomic mass is 10.1. The minimum absolute atomic E-state index is 0.0457. The van der Waals surface area contributed by atoms with Crippen molar-refractivity contribution >= 4 is 23.4 Å². The molecular formula is C21H26N4O3S. The highest BCUT2D eigenvalue weighted by molar-refractivity contribution is 7.99. The average molecular weight is 415 g/mol. The fourth-order valence-corrected chi connectivity index (χ4v) is 5.12. The summed E-state index contributed by atoms with van der Waals surface area (Å²) in [5.41, 5.74) is 1.83. The molecule has 1 saturated heterocycles. The van der Waals surface area contributed by atoms with Gasteiger partial charge in [0, 0.05) is 50.1 Å². The zero-order valence-electron chi connectivity index (χ0n) is 16.8. The number of thioether (sulfide) groups is 1. The highest BCUT2D eigenvalue weighted by atomic mass is 32.2. The van der Waals surface area contributed by atoms with E-state index >= 15 is 0 Å². The number of aromatic nitrogens is 2. The van der Waals surface area contributed by atoms with Gasteiger partial charge in [0.15, 0.2) is 5.16 Å². The van der Waals surface area contributed by atoms with Crippen molar-refractivity contribution in [1.29, 1.82) is 0 Å². The molecule has 3 heterocycles. The fourth-order valence-electron chi connectivity index (χ4n) is 3.95. The summed E-state index contributed by atoms with van der Waals surface area (Å²) < 4.78 is 7.16. The van der Waals surface area contributed by atoms with Gasteiger partial charge >= 0.3 is 0 Å². The van der Waals surface area contributed by atoms with E-state index in [1.165, 1.54) is 0 Å². The van der Waals surface area contributed by atoms with E-state index in [0.29, 0.717) is 19.5 Å². The standard InChI is InChI=1S/C21H26N4O3S/c1-3-15-12-20(27)25-16(14-29-21(25)22-15)13-19(26)24-10-8-23(9-11-24)17-6-4-5-7-18(17)28-2/h4-7,12,16H,3,8-11,13-14H2,1-2H3. The molecular weight excluding hydrogens is 388 g/mol. The van der Waals surface area contributed by atoms with E-state index in [-0.39, 0.29) is 17.5 Å². The van der Waals surface area contributed by atoms with Gasteiger partial charge in [0.2, 0.25) is 5.91 Å². The van der Waals surface area contributed by atoms with Crippen molar-refractivity contribution in [3.63, 3.8) is 0 Å². The third-order valence-electron chi connectivity index (χ3n) is 5.57. The third-order valence-corrected chi connectivity index (χ3v) is 6.67. The molecule has 4 rings (SSSR count). The molecule has 0 aliphatic carbocycles. The number of rotatable bonds is 5. The number of nitrogens with zero attached hydrogens (tertiary/aromatic N) is 4. The van der Waals surface area contributed by atoms with Crippen molar-refractivity contribution in [2.45, 2.75) is 31.0 Å². The lowest BCUT2D eigenvalue weighted by Gasteiger charge is -2.37. The lowest BCUT2D eigenvalue weighted by molar-refractivity contribution is -0.132. The second kappa shape index (κ2) is 8.49. The minimum Gasteiger partial charge on any atom is -0.495 e. The summed E-state index contributed by atoms with van der Waals surface area (Å²) in [6, 6.07) is 9.45. The zero-order chi connectivity index (χ0) is 20.4. The molecule has 1 aromatic carbocycles. The highest BCUT2D eigenvalue weighted by Gasteiger charge is 2.30. The van der Waals surface area contributed by atoms with Gasteiger partial charge in [-0.25, -0.2) is 4.98 Å². The summed E-state index contributed by atoms with van der Waals surface area (Å²) in [5.74, 6) is 1.68. The summed E-state index contributed by atoms with van der Waals surface area (Å²) in [7, 11) is 1.68. The van der Waals surface area contributed by atoms with E-state index in [2.05, 4.69) is 9.88 Å². The van der Waals surface area contributed by atoms with Crippen LogP contribution >= 0.6 is 11.8 Å². The maximum Gasteiger partial charge on any atom is 0.254 e. The predicted molar refractivity (Wildman–Crippen MR) is 114 cm³/mol. The Hall–Kier alpha value is -2.48. The molecule has 7 nitrogen and oxygen atoms in total. The van der Waals surface area contributed by atoms with E-state index in [1.54, 1.807) is 29.5 Å². The Kier molecular flexibility index (Phi) is 5.80. The normalized spacial score (nSPS) is 18.6. The molecule has 0 bridgehead atoms. The van der Waals surface area contributed by atoms with Crippen molar-refractivity contribution in [2.75, 3.05) is 43.9 Å². The van der Waals surface area contributed by atoms with Crippen LogP contribution in [0.5, 0.6) is 5.75 Å². The number of methoxy groups -OCH3 is 1. The van der Waals surface area contributed by atoms with Crippen LogP contribution in [0.3, 0.4) is 0 Å². The van der Waals surface area contributed by atoms with E-state index in [9.17, 15) is 9.59 Å². The van der Waals surface area contributed by atoms with Crippen LogP contribution < -0.4 is 15.2 Å². The van der Waals surface area contributed by atoms with Crippen molar-refractivity contribution in [1.82, 2.24) is 14.5 Å². The van der Waals surface area contributed by atoms with Gasteiger partial charge in [-0.05, 0) is 18.6 Å². The molecule has 0 saturated carbocycles. The SMILES string of the molecule is CCc1cc(=O)n2c(n1)SCC2CC(=O)N1CCN(c2ccccc2OC)CC1. The number of ether oxygens (including phenoxy) is 1. The maximum absolute atomic E-state index is 12.9. The molecule has 0 spiro atoms. The Morgan fingerprint density at radius 2 is 2.00 bits per heavy atom.